The SMILES string of the molecule is O=C(Cn1c2c(sc1=O)C(c1ccc(Cl)cc1)C1C(=O)N(c3ccc(F)cc3)C(=O)C1S2)Nc1cccc(C(F)(F)F)c1. The van der Waals surface area contributed by atoms with E-state index in [1.54, 1.807) is 24.3 Å². The van der Waals surface area contributed by atoms with Gasteiger partial charge in [0.2, 0.25) is 17.7 Å². The normalized spacial score (nSPS) is 19.7. The summed E-state index contributed by atoms with van der Waals surface area (Å²) in [5.74, 6) is -4.03. The zero-order valence-electron chi connectivity index (χ0n) is 21.6. The number of thiazole rings is 1. The van der Waals surface area contributed by atoms with Crippen LogP contribution in [0.2, 0.25) is 5.02 Å². The lowest BCUT2D eigenvalue weighted by molar-refractivity contribution is -0.137. The number of fused-ring (bicyclic) bond motifs is 2. The van der Waals surface area contributed by atoms with Crippen molar-refractivity contribution in [2.75, 3.05) is 10.2 Å². The molecule has 4 aromatic rings. The van der Waals surface area contributed by atoms with Crippen molar-refractivity contribution in [3.8, 4) is 0 Å². The first-order chi connectivity index (χ1) is 20.4. The van der Waals surface area contributed by atoms with Gasteiger partial charge < -0.3 is 5.32 Å². The second kappa shape index (κ2) is 11.0. The number of halogens is 5. The number of carbonyl (C=O) groups is 3. The van der Waals surface area contributed by atoms with Crippen LogP contribution in [-0.2, 0) is 27.1 Å². The van der Waals surface area contributed by atoms with E-state index in [1.165, 1.54) is 18.2 Å². The van der Waals surface area contributed by atoms with Crippen molar-refractivity contribution in [1.82, 2.24) is 4.57 Å². The number of alkyl halides is 3. The maximum Gasteiger partial charge on any atom is 0.416 e. The van der Waals surface area contributed by atoms with Crippen molar-refractivity contribution in [3.05, 3.63) is 109 Å². The van der Waals surface area contributed by atoms with Gasteiger partial charge in [0.25, 0.3) is 0 Å². The summed E-state index contributed by atoms with van der Waals surface area (Å²) in [5, 5.41) is 2.16. The topological polar surface area (TPSA) is 88.5 Å². The zero-order chi connectivity index (χ0) is 30.6. The van der Waals surface area contributed by atoms with Crippen LogP contribution < -0.4 is 15.1 Å². The molecule has 43 heavy (non-hydrogen) atoms. The molecule has 1 saturated heterocycles. The van der Waals surface area contributed by atoms with Crippen LogP contribution in [0.3, 0.4) is 0 Å². The summed E-state index contributed by atoms with van der Waals surface area (Å²) in [5.41, 5.74) is -0.236. The van der Waals surface area contributed by atoms with Gasteiger partial charge in [0, 0.05) is 21.5 Å². The molecule has 1 fully saturated rings. The molecular weight excluding hydrogens is 630 g/mol. The Kier molecular flexibility index (Phi) is 7.43. The van der Waals surface area contributed by atoms with E-state index in [0.717, 1.165) is 62.9 Å². The smallest absolute Gasteiger partial charge is 0.325 e. The Morgan fingerprint density at radius 1 is 0.953 bits per heavy atom. The summed E-state index contributed by atoms with van der Waals surface area (Å²) in [6.45, 7) is -0.539. The largest absolute Gasteiger partial charge is 0.416 e. The number of anilines is 2. The van der Waals surface area contributed by atoms with E-state index in [1.807, 2.05) is 0 Å². The average molecular weight is 648 g/mol. The van der Waals surface area contributed by atoms with Gasteiger partial charge in [0.15, 0.2) is 0 Å². The first-order valence-corrected chi connectivity index (χ1v) is 14.8. The highest BCUT2D eigenvalue weighted by atomic mass is 35.5. The minimum Gasteiger partial charge on any atom is -0.325 e. The number of rotatable bonds is 5. The third kappa shape index (κ3) is 5.36. The zero-order valence-corrected chi connectivity index (χ0v) is 24.0. The number of benzene rings is 3. The number of nitrogens with one attached hydrogen (secondary N) is 1. The van der Waals surface area contributed by atoms with Crippen LogP contribution >= 0.6 is 34.7 Å². The van der Waals surface area contributed by atoms with Crippen LogP contribution in [0, 0.1) is 11.7 Å². The van der Waals surface area contributed by atoms with E-state index >= 15 is 0 Å². The maximum atomic E-state index is 13.8. The third-order valence-electron chi connectivity index (χ3n) is 7.14. The van der Waals surface area contributed by atoms with Crippen LogP contribution in [-0.4, -0.2) is 27.5 Å². The molecule has 1 N–H and O–H groups in total. The van der Waals surface area contributed by atoms with Crippen molar-refractivity contribution < 1.29 is 31.9 Å². The van der Waals surface area contributed by atoms with Crippen molar-refractivity contribution in [3.63, 3.8) is 0 Å². The molecule has 3 atom stereocenters. The van der Waals surface area contributed by atoms with Crippen LogP contribution in [0.1, 0.15) is 21.9 Å². The molecule has 0 spiro atoms. The molecule has 1 aromatic heterocycles. The number of nitrogens with zero attached hydrogens (tertiary/aromatic N) is 2. The van der Waals surface area contributed by atoms with Crippen molar-refractivity contribution in [2.24, 2.45) is 5.92 Å². The van der Waals surface area contributed by atoms with Crippen LogP contribution in [0.5, 0.6) is 0 Å². The van der Waals surface area contributed by atoms with E-state index in [4.69, 9.17) is 11.6 Å². The molecule has 2 aliphatic heterocycles. The highest BCUT2D eigenvalue weighted by molar-refractivity contribution is 8.00. The second-order valence-electron chi connectivity index (χ2n) is 9.83. The van der Waals surface area contributed by atoms with E-state index in [0.29, 0.717) is 20.5 Å². The number of hydrogen-bond donors (Lipinski definition) is 1. The number of imide groups is 1. The lowest BCUT2D eigenvalue weighted by Gasteiger charge is -2.30. The average Bonchev–Trinajstić information content (AvgIpc) is 3.40. The molecule has 3 heterocycles. The van der Waals surface area contributed by atoms with Gasteiger partial charge in [-0.2, -0.15) is 13.2 Å². The molecule has 220 valence electrons. The second-order valence-corrected chi connectivity index (χ2v) is 12.4. The maximum absolute atomic E-state index is 13.8. The van der Waals surface area contributed by atoms with Crippen LogP contribution in [0.25, 0.3) is 0 Å². The molecule has 3 aromatic carbocycles. The highest BCUT2D eigenvalue weighted by Crippen LogP contribution is 2.54. The van der Waals surface area contributed by atoms with E-state index in [9.17, 15) is 36.7 Å². The van der Waals surface area contributed by atoms with Crippen LogP contribution in [0.15, 0.2) is 82.6 Å². The highest BCUT2D eigenvalue weighted by Gasteiger charge is 2.56. The molecule has 0 aliphatic carbocycles. The molecule has 7 nitrogen and oxygen atoms in total. The third-order valence-corrected chi connectivity index (χ3v) is 9.99. The van der Waals surface area contributed by atoms with Gasteiger partial charge in [-0.15, -0.1) is 0 Å². The van der Waals surface area contributed by atoms with Crippen molar-refractivity contribution in [1.29, 1.82) is 0 Å². The quantitative estimate of drug-likeness (QED) is 0.207. The molecule has 3 amide bonds. The van der Waals surface area contributed by atoms with Gasteiger partial charge in [0.05, 0.1) is 22.2 Å². The van der Waals surface area contributed by atoms with Gasteiger partial charge >= 0.3 is 11.0 Å². The summed E-state index contributed by atoms with van der Waals surface area (Å²) < 4.78 is 54.2. The summed E-state index contributed by atoms with van der Waals surface area (Å²) in [7, 11) is 0. The first-order valence-electron chi connectivity index (χ1n) is 12.7. The Morgan fingerprint density at radius 3 is 2.33 bits per heavy atom. The fourth-order valence-corrected chi connectivity index (χ4v) is 8.15. The van der Waals surface area contributed by atoms with Crippen LogP contribution in [0.4, 0.5) is 28.9 Å². The van der Waals surface area contributed by atoms with Gasteiger partial charge in [-0.1, -0.05) is 52.9 Å². The molecule has 0 radical (unpaired) electrons. The van der Waals surface area contributed by atoms with Crippen molar-refractivity contribution >= 4 is 63.8 Å². The standard InChI is InChI=1S/C29H18ClF4N3O4S2/c30-16-6-4-14(5-7-16)21-22-23(26(40)37(25(22)39)19-10-8-17(31)9-11-19)42-27-24(21)43-28(41)36(27)13-20(38)35-18-3-1-2-15(12-18)29(32,33)34/h1-12,21-23H,13H2,(H,35,38). The Balaban J connectivity index is 1.37. The van der Waals surface area contributed by atoms with E-state index in [-0.39, 0.29) is 11.4 Å². The van der Waals surface area contributed by atoms with Gasteiger partial charge in [-0.25, -0.2) is 9.29 Å². The molecule has 14 heteroatoms. The fraction of sp³-hybridized carbons (Fsp3) is 0.172. The monoisotopic (exact) mass is 647 g/mol. The molecular formula is C29H18ClF4N3O4S2. The van der Waals surface area contributed by atoms with Gasteiger partial charge in [0.1, 0.15) is 17.6 Å². The first kappa shape index (κ1) is 29.1. The Morgan fingerprint density at radius 2 is 1.65 bits per heavy atom. The predicted molar refractivity (Wildman–Crippen MR) is 154 cm³/mol. The molecule has 2 aliphatic rings. The Labute approximate surface area is 254 Å². The summed E-state index contributed by atoms with van der Waals surface area (Å²) in [4.78, 5) is 54.6. The number of hydrogen-bond acceptors (Lipinski definition) is 6. The number of thioether (sulfide) groups is 1. The van der Waals surface area contributed by atoms with Gasteiger partial charge in [-0.3, -0.25) is 23.7 Å². The van der Waals surface area contributed by atoms with E-state index in [2.05, 4.69) is 5.32 Å². The minimum absolute atomic E-state index is 0.102. The number of carbonyl (C=O) groups excluding carboxylic acids is 3. The number of amides is 3. The molecule has 6 rings (SSSR count). The summed E-state index contributed by atoms with van der Waals surface area (Å²) in [6.07, 6.45) is -4.61. The fourth-order valence-electron chi connectivity index (χ4n) is 5.25. The Hall–Kier alpha value is -3.94. The van der Waals surface area contributed by atoms with Gasteiger partial charge in [-0.05, 0) is 60.2 Å². The summed E-state index contributed by atoms with van der Waals surface area (Å²) in [6, 6.07) is 15.7. The summed E-state index contributed by atoms with van der Waals surface area (Å²) >= 11 is 7.89. The molecule has 0 bridgehead atoms. The molecule has 0 saturated carbocycles. The lowest BCUT2D eigenvalue weighted by atomic mass is 9.83. The van der Waals surface area contributed by atoms with Crippen molar-refractivity contribution in [2.45, 2.75) is 28.9 Å². The lowest BCUT2D eigenvalue weighted by Crippen LogP contribution is -2.33. The molecule has 3 unspecified atom stereocenters. The predicted octanol–water partition coefficient (Wildman–Crippen LogP) is 6.16. The Bertz CT molecular complexity index is 1820. The minimum atomic E-state index is -4.61. The number of aromatic nitrogens is 1. The van der Waals surface area contributed by atoms with E-state index < -0.39 is 63.8 Å².